The fourth-order valence-corrected chi connectivity index (χ4v) is 2.15. The lowest BCUT2D eigenvalue weighted by Crippen LogP contribution is -2.17. The van der Waals surface area contributed by atoms with E-state index in [2.05, 4.69) is 5.32 Å². The van der Waals surface area contributed by atoms with Gasteiger partial charge in [-0.1, -0.05) is 30.3 Å². The van der Waals surface area contributed by atoms with E-state index >= 15 is 0 Å². The number of ether oxygens (including phenoxy) is 2. The first-order valence-electron chi connectivity index (χ1n) is 7.44. The standard InChI is InChI=1S/C18H22FNO2/c1-21-11-12-22-17-7-4-5-15(13-17)14-20-10-9-16-6-2-3-8-18(16)19/h2-8,13,20H,9-12,14H2,1H3. The Labute approximate surface area is 131 Å². The Kier molecular flexibility index (Phi) is 6.87. The summed E-state index contributed by atoms with van der Waals surface area (Å²) in [7, 11) is 1.65. The second-order valence-electron chi connectivity index (χ2n) is 5.01. The summed E-state index contributed by atoms with van der Waals surface area (Å²) in [5.41, 5.74) is 1.88. The molecule has 1 N–H and O–H groups in total. The van der Waals surface area contributed by atoms with Gasteiger partial charge in [0.05, 0.1) is 6.61 Å². The molecule has 2 aromatic carbocycles. The number of nitrogens with one attached hydrogen (secondary N) is 1. The third kappa shape index (κ3) is 5.47. The summed E-state index contributed by atoms with van der Waals surface area (Å²) in [6, 6.07) is 14.8. The lowest BCUT2D eigenvalue weighted by molar-refractivity contribution is 0.146. The van der Waals surface area contributed by atoms with Crippen LogP contribution in [0.4, 0.5) is 4.39 Å². The van der Waals surface area contributed by atoms with E-state index in [1.807, 2.05) is 36.4 Å². The molecule has 0 saturated carbocycles. The molecule has 22 heavy (non-hydrogen) atoms. The molecule has 0 unspecified atom stereocenters. The van der Waals surface area contributed by atoms with Crippen molar-refractivity contribution < 1.29 is 13.9 Å². The van der Waals surface area contributed by atoms with Crippen molar-refractivity contribution in [3.05, 3.63) is 65.5 Å². The molecule has 2 rings (SSSR count). The van der Waals surface area contributed by atoms with E-state index in [4.69, 9.17) is 9.47 Å². The highest BCUT2D eigenvalue weighted by molar-refractivity contribution is 5.28. The van der Waals surface area contributed by atoms with Gasteiger partial charge in [0.15, 0.2) is 0 Å². The van der Waals surface area contributed by atoms with E-state index in [-0.39, 0.29) is 5.82 Å². The van der Waals surface area contributed by atoms with Gasteiger partial charge in [-0.3, -0.25) is 0 Å². The van der Waals surface area contributed by atoms with Crippen molar-refractivity contribution in [1.29, 1.82) is 0 Å². The first kappa shape index (κ1) is 16.5. The molecular formula is C18H22FNO2. The molecule has 2 aromatic rings. The van der Waals surface area contributed by atoms with Gasteiger partial charge in [-0.2, -0.15) is 0 Å². The summed E-state index contributed by atoms with van der Waals surface area (Å²) in [6.45, 7) is 2.58. The van der Waals surface area contributed by atoms with E-state index in [0.29, 0.717) is 19.6 Å². The summed E-state index contributed by atoms with van der Waals surface area (Å²) >= 11 is 0. The Morgan fingerprint density at radius 2 is 1.91 bits per heavy atom. The predicted octanol–water partition coefficient (Wildman–Crippen LogP) is 3.18. The number of benzene rings is 2. The molecule has 3 nitrogen and oxygen atoms in total. The molecule has 118 valence electrons. The lowest BCUT2D eigenvalue weighted by atomic mass is 10.1. The third-order valence-electron chi connectivity index (χ3n) is 3.31. The van der Waals surface area contributed by atoms with Crippen molar-refractivity contribution in [1.82, 2.24) is 5.32 Å². The molecule has 0 aliphatic heterocycles. The van der Waals surface area contributed by atoms with Crippen molar-refractivity contribution in [2.75, 3.05) is 26.9 Å². The molecule has 0 fully saturated rings. The van der Waals surface area contributed by atoms with E-state index in [9.17, 15) is 4.39 Å². The van der Waals surface area contributed by atoms with Gasteiger partial charge in [-0.25, -0.2) is 4.39 Å². The maximum atomic E-state index is 13.5. The topological polar surface area (TPSA) is 30.5 Å². The zero-order chi connectivity index (χ0) is 15.6. The zero-order valence-corrected chi connectivity index (χ0v) is 12.8. The van der Waals surface area contributed by atoms with E-state index < -0.39 is 0 Å². The van der Waals surface area contributed by atoms with Crippen LogP contribution >= 0.6 is 0 Å². The van der Waals surface area contributed by atoms with Crippen LogP contribution in [0.2, 0.25) is 0 Å². The predicted molar refractivity (Wildman–Crippen MR) is 85.6 cm³/mol. The van der Waals surface area contributed by atoms with E-state index in [1.165, 1.54) is 6.07 Å². The molecule has 0 atom stereocenters. The van der Waals surface area contributed by atoms with Crippen LogP contribution < -0.4 is 10.1 Å². The van der Waals surface area contributed by atoms with Gasteiger partial charge >= 0.3 is 0 Å². The number of hydrogen-bond acceptors (Lipinski definition) is 3. The zero-order valence-electron chi connectivity index (χ0n) is 12.8. The minimum atomic E-state index is -0.141. The normalized spacial score (nSPS) is 10.6. The molecule has 4 heteroatoms. The van der Waals surface area contributed by atoms with Crippen LogP contribution in [0.15, 0.2) is 48.5 Å². The molecule has 0 aliphatic carbocycles. The highest BCUT2D eigenvalue weighted by Gasteiger charge is 2.01. The second kappa shape index (κ2) is 9.18. The minimum absolute atomic E-state index is 0.141. The van der Waals surface area contributed by atoms with Crippen LogP contribution in [-0.2, 0) is 17.7 Å². The van der Waals surface area contributed by atoms with Crippen molar-refractivity contribution in [2.45, 2.75) is 13.0 Å². The number of methoxy groups -OCH3 is 1. The van der Waals surface area contributed by atoms with Crippen LogP contribution in [0.1, 0.15) is 11.1 Å². The Balaban J connectivity index is 1.75. The fourth-order valence-electron chi connectivity index (χ4n) is 2.15. The molecule has 0 heterocycles. The highest BCUT2D eigenvalue weighted by atomic mass is 19.1. The monoisotopic (exact) mass is 303 g/mol. The van der Waals surface area contributed by atoms with Gasteiger partial charge in [0.25, 0.3) is 0 Å². The van der Waals surface area contributed by atoms with Crippen molar-refractivity contribution >= 4 is 0 Å². The second-order valence-corrected chi connectivity index (χ2v) is 5.01. The molecule has 0 aromatic heterocycles. The summed E-state index contributed by atoms with van der Waals surface area (Å²) in [5, 5.41) is 3.32. The van der Waals surface area contributed by atoms with Crippen LogP contribution in [0.5, 0.6) is 5.75 Å². The Morgan fingerprint density at radius 1 is 1.05 bits per heavy atom. The van der Waals surface area contributed by atoms with E-state index in [1.54, 1.807) is 13.2 Å². The largest absolute Gasteiger partial charge is 0.491 e. The Morgan fingerprint density at radius 3 is 2.73 bits per heavy atom. The summed E-state index contributed by atoms with van der Waals surface area (Å²) in [4.78, 5) is 0. The maximum Gasteiger partial charge on any atom is 0.126 e. The summed E-state index contributed by atoms with van der Waals surface area (Å²) in [6.07, 6.45) is 0.677. The summed E-state index contributed by atoms with van der Waals surface area (Å²) in [5.74, 6) is 0.697. The molecular weight excluding hydrogens is 281 g/mol. The number of rotatable bonds is 9. The van der Waals surface area contributed by atoms with Crippen molar-refractivity contribution in [3.63, 3.8) is 0 Å². The molecule has 0 amide bonds. The van der Waals surface area contributed by atoms with Gasteiger partial charge in [0.1, 0.15) is 18.2 Å². The van der Waals surface area contributed by atoms with Crippen LogP contribution in [0, 0.1) is 5.82 Å². The molecule has 0 bridgehead atoms. The fraction of sp³-hybridized carbons (Fsp3) is 0.333. The average molecular weight is 303 g/mol. The molecule has 0 radical (unpaired) electrons. The SMILES string of the molecule is COCCOc1cccc(CNCCc2ccccc2F)c1. The highest BCUT2D eigenvalue weighted by Crippen LogP contribution is 2.13. The average Bonchev–Trinajstić information content (AvgIpc) is 2.54. The van der Waals surface area contributed by atoms with Crippen LogP contribution in [0.25, 0.3) is 0 Å². The van der Waals surface area contributed by atoms with Crippen LogP contribution in [0.3, 0.4) is 0 Å². The third-order valence-corrected chi connectivity index (χ3v) is 3.31. The number of hydrogen-bond donors (Lipinski definition) is 1. The van der Waals surface area contributed by atoms with Gasteiger partial charge in [-0.15, -0.1) is 0 Å². The van der Waals surface area contributed by atoms with Crippen LogP contribution in [-0.4, -0.2) is 26.9 Å². The Hall–Kier alpha value is -1.91. The maximum absolute atomic E-state index is 13.5. The molecule has 0 spiro atoms. The quantitative estimate of drug-likeness (QED) is 0.722. The van der Waals surface area contributed by atoms with Gasteiger partial charge < -0.3 is 14.8 Å². The Bertz CT molecular complexity index is 575. The first-order chi connectivity index (χ1) is 10.8. The minimum Gasteiger partial charge on any atom is -0.491 e. The molecule has 0 aliphatic rings. The van der Waals surface area contributed by atoms with Gasteiger partial charge in [0.2, 0.25) is 0 Å². The smallest absolute Gasteiger partial charge is 0.126 e. The van der Waals surface area contributed by atoms with Crippen molar-refractivity contribution in [3.8, 4) is 5.75 Å². The molecule has 0 saturated heterocycles. The lowest BCUT2D eigenvalue weighted by Gasteiger charge is -2.09. The van der Waals surface area contributed by atoms with Gasteiger partial charge in [-0.05, 0) is 42.3 Å². The van der Waals surface area contributed by atoms with Crippen molar-refractivity contribution in [2.24, 2.45) is 0 Å². The van der Waals surface area contributed by atoms with E-state index in [0.717, 1.165) is 30.0 Å². The van der Waals surface area contributed by atoms with Gasteiger partial charge in [0, 0.05) is 13.7 Å². The first-order valence-corrected chi connectivity index (χ1v) is 7.44. The number of halogens is 1. The summed E-state index contributed by atoms with van der Waals surface area (Å²) < 4.78 is 24.0.